The Balaban J connectivity index is 1.75. The van der Waals surface area contributed by atoms with Gasteiger partial charge in [0, 0.05) is 52.4 Å². The standard InChI is InChI=1S/C20H33N7/c1-5-19-25-24-16-27(19)15-14-23-20(21-6-2)22-13-7-8-17-9-11-18(12-10-17)26(3)4/h9-12,16H,5-8,13-15H2,1-4H3,(H2,21,22,23). The molecule has 0 atom stereocenters. The zero-order valence-corrected chi connectivity index (χ0v) is 17.1. The minimum Gasteiger partial charge on any atom is -0.378 e. The maximum Gasteiger partial charge on any atom is 0.191 e. The molecule has 0 bridgehead atoms. The molecule has 2 rings (SSSR count). The number of nitrogens with zero attached hydrogens (tertiary/aromatic N) is 5. The first-order chi connectivity index (χ1) is 13.1. The zero-order valence-electron chi connectivity index (χ0n) is 17.1. The van der Waals surface area contributed by atoms with Gasteiger partial charge in [0.05, 0.1) is 0 Å². The van der Waals surface area contributed by atoms with Crippen LogP contribution in [0.1, 0.15) is 31.7 Å². The minimum absolute atomic E-state index is 0.795. The topological polar surface area (TPSA) is 70.4 Å². The first-order valence-electron chi connectivity index (χ1n) is 9.79. The molecule has 0 spiro atoms. The molecule has 2 N–H and O–H groups in total. The summed E-state index contributed by atoms with van der Waals surface area (Å²) in [5.41, 5.74) is 2.59. The van der Waals surface area contributed by atoms with E-state index in [9.17, 15) is 0 Å². The van der Waals surface area contributed by atoms with Crippen molar-refractivity contribution in [2.75, 3.05) is 38.6 Å². The van der Waals surface area contributed by atoms with E-state index >= 15 is 0 Å². The first kappa shape index (κ1) is 20.7. The predicted octanol–water partition coefficient (Wildman–Crippen LogP) is 2.09. The van der Waals surface area contributed by atoms with Crippen LogP contribution < -0.4 is 15.5 Å². The Hall–Kier alpha value is -2.57. The third kappa shape index (κ3) is 6.92. The molecule has 7 nitrogen and oxygen atoms in total. The van der Waals surface area contributed by atoms with Crippen LogP contribution in [0.25, 0.3) is 0 Å². The van der Waals surface area contributed by atoms with E-state index in [2.05, 4.69) is 87.5 Å². The number of anilines is 1. The quantitative estimate of drug-likeness (QED) is 0.380. The van der Waals surface area contributed by atoms with Crippen molar-refractivity contribution in [2.45, 2.75) is 39.7 Å². The average Bonchev–Trinajstić information content (AvgIpc) is 3.13. The van der Waals surface area contributed by atoms with Crippen LogP contribution in [-0.4, -0.2) is 54.5 Å². The van der Waals surface area contributed by atoms with Gasteiger partial charge in [-0.25, -0.2) is 0 Å². The maximum absolute atomic E-state index is 4.68. The summed E-state index contributed by atoms with van der Waals surface area (Å²) >= 11 is 0. The van der Waals surface area contributed by atoms with Crippen molar-refractivity contribution in [3.8, 4) is 0 Å². The third-order valence-electron chi connectivity index (χ3n) is 4.35. The number of aryl methyl sites for hydroxylation is 2. The monoisotopic (exact) mass is 371 g/mol. The summed E-state index contributed by atoms with van der Waals surface area (Å²) < 4.78 is 2.08. The lowest BCUT2D eigenvalue weighted by atomic mass is 10.1. The van der Waals surface area contributed by atoms with Crippen molar-refractivity contribution in [1.29, 1.82) is 0 Å². The predicted molar refractivity (Wildman–Crippen MR) is 112 cm³/mol. The molecule has 0 aliphatic carbocycles. The van der Waals surface area contributed by atoms with Crippen LogP contribution in [0.3, 0.4) is 0 Å². The van der Waals surface area contributed by atoms with Gasteiger partial charge in [-0.2, -0.15) is 0 Å². The highest BCUT2D eigenvalue weighted by atomic mass is 15.3. The third-order valence-corrected chi connectivity index (χ3v) is 4.35. The lowest BCUT2D eigenvalue weighted by Crippen LogP contribution is -2.39. The van der Waals surface area contributed by atoms with Crippen molar-refractivity contribution in [1.82, 2.24) is 25.4 Å². The maximum atomic E-state index is 4.68. The van der Waals surface area contributed by atoms with Crippen molar-refractivity contribution in [3.05, 3.63) is 42.0 Å². The molecule has 0 unspecified atom stereocenters. The Bertz CT molecular complexity index is 689. The van der Waals surface area contributed by atoms with E-state index in [0.717, 1.165) is 57.2 Å². The molecule has 1 heterocycles. The van der Waals surface area contributed by atoms with Gasteiger partial charge in [-0.15, -0.1) is 10.2 Å². The summed E-state index contributed by atoms with van der Waals surface area (Å²) in [5.74, 6) is 1.88. The van der Waals surface area contributed by atoms with Crippen molar-refractivity contribution >= 4 is 11.6 Å². The van der Waals surface area contributed by atoms with Gasteiger partial charge in [0.1, 0.15) is 12.2 Å². The summed E-state index contributed by atoms with van der Waals surface area (Å²) in [4.78, 5) is 6.80. The number of rotatable bonds is 10. The molecule has 7 heteroatoms. The Kier molecular flexibility index (Phi) is 8.61. The highest BCUT2D eigenvalue weighted by Crippen LogP contribution is 2.13. The molecule has 2 aromatic rings. The average molecular weight is 372 g/mol. The van der Waals surface area contributed by atoms with Crippen LogP contribution in [0.15, 0.2) is 35.6 Å². The molecular weight excluding hydrogens is 338 g/mol. The molecule has 0 fully saturated rings. The fourth-order valence-electron chi connectivity index (χ4n) is 2.81. The summed E-state index contributed by atoms with van der Waals surface area (Å²) in [6.07, 6.45) is 4.75. The first-order valence-corrected chi connectivity index (χ1v) is 9.79. The number of aliphatic imine (C=N–C) groups is 1. The largest absolute Gasteiger partial charge is 0.378 e. The van der Waals surface area contributed by atoms with Crippen LogP contribution in [0.2, 0.25) is 0 Å². The number of aromatic nitrogens is 3. The fourth-order valence-corrected chi connectivity index (χ4v) is 2.81. The van der Waals surface area contributed by atoms with Crippen molar-refractivity contribution < 1.29 is 0 Å². The summed E-state index contributed by atoms with van der Waals surface area (Å²) in [7, 11) is 4.12. The van der Waals surface area contributed by atoms with Gasteiger partial charge in [0.2, 0.25) is 0 Å². The normalized spacial score (nSPS) is 11.5. The second-order valence-electron chi connectivity index (χ2n) is 6.65. The van der Waals surface area contributed by atoms with Gasteiger partial charge < -0.3 is 20.1 Å². The number of guanidine groups is 1. The zero-order chi connectivity index (χ0) is 19.5. The Morgan fingerprint density at radius 2 is 1.93 bits per heavy atom. The molecule has 0 amide bonds. The van der Waals surface area contributed by atoms with Crippen molar-refractivity contribution in [2.24, 2.45) is 4.99 Å². The number of hydrogen-bond donors (Lipinski definition) is 2. The van der Waals surface area contributed by atoms with Gasteiger partial charge in [0.25, 0.3) is 0 Å². The minimum atomic E-state index is 0.795. The SMILES string of the molecule is CCNC(=NCCCc1ccc(N(C)C)cc1)NCCn1cnnc1CC. The fraction of sp³-hybridized carbons (Fsp3) is 0.550. The molecule has 148 valence electrons. The lowest BCUT2D eigenvalue weighted by molar-refractivity contribution is 0.632. The van der Waals surface area contributed by atoms with E-state index in [1.807, 2.05) is 0 Å². The van der Waals surface area contributed by atoms with E-state index < -0.39 is 0 Å². The van der Waals surface area contributed by atoms with E-state index in [1.54, 1.807) is 6.33 Å². The van der Waals surface area contributed by atoms with E-state index in [-0.39, 0.29) is 0 Å². The molecule has 0 saturated carbocycles. The molecule has 0 radical (unpaired) electrons. The van der Waals surface area contributed by atoms with E-state index in [1.165, 1.54) is 11.3 Å². The number of benzene rings is 1. The van der Waals surface area contributed by atoms with Crippen LogP contribution >= 0.6 is 0 Å². The molecular formula is C20H33N7. The Morgan fingerprint density at radius 1 is 1.15 bits per heavy atom. The lowest BCUT2D eigenvalue weighted by Gasteiger charge is -2.13. The summed E-state index contributed by atoms with van der Waals surface area (Å²) in [6.45, 7) is 7.45. The highest BCUT2D eigenvalue weighted by molar-refractivity contribution is 5.79. The van der Waals surface area contributed by atoms with Gasteiger partial charge in [0.15, 0.2) is 5.96 Å². The highest BCUT2D eigenvalue weighted by Gasteiger charge is 2.02. The second-order valence-corrected chi connectivity index (χ2v) is 6.65. The van der Waals surface area contributed by atoms with Gasteiger partial charge >= 0.3 is 0 Å². The summed E-state index contributed by atoms with van der Waals surface area (Å²) in [6, 6.07) is 8.74. The molecule has 0 saturated heterocycles. The van der Waals surface area contributed by atoms with Crippen LogP contribution in [0.5, 0.6) is 0 Å². The van der Waals surface area contributed by atoms with Gasteiger partial charge in [-0.1, -0.05) is 19.1 Å². The smallest absolute Gasteiger partial charge is 0.191 e. The van der Waals surface area contributed by atoms with Crippen LogP contribution in [-0.2, 0) is 19.4 Å². The Morgan fingerprint density at radius 3 is 2.59 bits per heavy atom. The molecule has 1 aromatic carbocycles. The van der Waals surface area contributed by atoms with E-state index in [4.69, 9.17) is 0 Å². The van der Waals surface area contributed by atoms with Gasteiger partial charge in [-0.3, -0.25) is 4.99 Å². The molecule has 1 aromatic heterocycles. The molecule has 0 aliphatic rings. The second kappa shape index (κ2) is 11.2. The number of hydrogen-bond acceptors (Lipinski definition) is 4. The molecule has 0 aliphatic heterocycles. The Labute approximate surface area is 162 Å². The van der Waals surface area contributed by atoms with Crippen molar-refractivity contribution in [3.63, 3.8) is 0 Å². The molecule has 27 heavy (non-hydrogen) atoms. The number of nitrogens with one attached hydrogen (secondary N) is 2. The van der Waals surface area contributed by atoms with Crippen LogP contribution in [0, 0.1) is 0 Å². The van der Waals surface area contributed by atoms with Crippen LogP contribution in [0.4, 0.5) is 5.69 Å². The van der Waals surface area contributed by atoms with E-state index in [0.29, 0.717) is 0 Å². The summed E-state index contributed by atoms with van der Waals surface area (Å²) in [5, 5.41) is 14.8. The van der Waals surface area contributed by atoms with Gasteiger partial charge in [-0.05, 0) is 37.5 Å².